The van der Waals surface area contributed by atoms with E-state index in [0.29, 0.717) is 0 Å². The summed E-state index contributed by atoms with van der Waals surface area (Å²) in [6, 6.07) is 19.4. The molecule has 0 saturated heterocycles. The Morgan fingerprint density at radius 1 is 0.952 bits per heavy atom. The number of hydrogen-bond donors (Lipinski definition) is 0. The van der Waals surface area contributed by atoms with Crippen LogP contribution in [0.3, 0.4) is 0 Å². The molecule has 0 bridgehead atoms. The second kappa shape index (κ2) is 6.57. The highest BCUT2D eigenvalue weighted by Crippen LogP contribution is 2.12. The molecule has 2 aromatic carbocycles. The van der Waals surface area contributed by atoms with Crippen LogP contribution in [0.4, 0.5) is 0 Å². The Labute approximate surface area is 126 Å². The number of rotatable bonds is 6. The molecule has 3 aromatic rings. The van der Waals surface area contributed by atoms with Crippen molar-refractivity contribution in [1.29, 1.82) is 0 Å². The Kier molecular flexibility index (Phi) is 4.34. The second-order valence-electron chi connectivity index (χ2n) is 5.58. The lowest BCUT2D eigenvalue weighted by Gasteiger charge is -1.99. The number of hydrogen-bond acceptors (Lipinski definition) is 0. The van der Waals surface area contributed by atoms with Gasteiger partial charge in [0.1, 0.15) is 0 Å². The van der Waals surface area contributed by atoms with Crippen molar-refractivity contribution in [3.05, 3.63) is 66.5 Å². The third-order valence-electron chi connectivity index (χ3n) is 4.02. The maximum absolute atomic E-state index is 2.39. The first-order valence-corrected chi connectivity index (χ1v) is 7.89. The van der Waals surface area contributed by atoms with Gasteiger partial charge in [0, 0.05) is 6.42 Å². The van der Waals surface area contributed by atoms with E-state index >= 15 is 0 Å². The Bertz CT molecular complexity index is 698. The van der Waals surface area contributed by atoms with E-state index in [2.05, 4.69) is 77.0 Å². The van der Waals surface area contributed by atoms with Crippen LogP contribution in [0, 0.1) is 0 Å². The molecular weight excluding hydrogens is 256 g/mol. The van der Waals surface area contributed by atoms with E-state index in [0.717, 1.165) is 19.5 Å². The smallest absolute Gasteiger partial charge is 0.230 e. The van der Waals surface area contributed by atoms with Crippen molar-refractivity contribution in [3.8, 4) is 0 Å². The SMILES string of the molecule is CCCC[n+]1cn(CCc2ccccc2)c2ccccc21. The quantitative estimate of drug-likeness (QED) is 0.604. The standard InChI is InChI=1S/C19H23N2/c1-2-3-14-20-16-21(19-12-8-7-11-18(19)20)15-13-17-9-5-4-6-10-17/h4-12,16H,2-3,13-15H2,1H3/q+1. The fraction of sp³-hybridized carbons (Fsp3) is 0.316. The molecule has 1 heterocycles. The first kappa shape index (κ1) is 13.9. The average molecular weight is 279 g/mol. The van der Waals surface area contributed by atoms with Gasteiger partial charge in [-0.25, -0.2) is 9.13 Å². The summed E-state index contributed by atoms with van der Waals surface area (Å²) in [5, 5.41) is 0. The molecule has 0 aliphatic heterocycles. The first-order chi connectivity index (χ1) is 10.4. The molecule has 0 spiro atoms. The lowest BCUT2D eigenvalue weighted by molar-refractivity contribution is -0.672. The van der Waals surface area contributed by atoms with Crippen molar-refractivity contribution in [2.45, 2.75) is 39.3 Å². The van der Waals surface area contributed by atoms with E-state index in [1.165, 1.54) is 29.4 Å². The second-order valence-corrected chi connectivity index (χ2v) is 5.58. The van der Waals surface area contributed by atoms with E-state index in [1.54, 1.807) is 0 Å². The summed E-state index contributed by atoms with van der Waals surface area (Å²) in [6.07, 6.45) is 5.82. The number of aryl methyl sites for hydroxylation is 3. The summed E-state index contributed by atoms with van der Waals surface area (Å²) in [7, 11) is 0. The van der Waals surface area contributed by atoms with E-state index in [9.17, 15) is 0 Å². The highest BCUT2D eigenvalue weighted by molar-refractivity contribution is 5.71. The van der Waals surface area contributed by atoms with E-state index in [1.807, 2.05) is 0 Å². The third-order valence-corrected chi connectivity index (χ3v) is 4.02. The predicted octanol–water partition coefficient (Wildman–Crippen LogP) is 3.97. The van der Waals surface area contributed by atoms with Gasteiger partial charge in [0.25, 0.3) is 0 Å². The number of fused-ring (bicyclic) bond motifs is 1. The summed E-state index contributed by atoms with van der Waals surface area (Å²) in [5.41, 5.74) is 4.08. The van der Waals surface area contributed by atoms with Crippen LogP contribution in [0.25, 0.3) is 11.0 Å². The van der Waals surface area contributed by atoms with Crippen molar-refractivity contribution in [1.82, 2.24) is 4.57 Å². The van der Waals surface area contributed by atoms with Gasteiger partial charge in [-0.1, -0.05) is 55.8 Å². The van der Waals surface area contributed by atoms with Crippen molar-refractivity contribution >= 4 is 11.0 Å². The van der Waals surface area contributed by atoms with Gasteiger partial charge in [0.2, 0.25) is 6.33 Å². The van der Waals surface area contributed by atoms with Gasteiger partial charge in [-0.3, -0.25) is 0 Å². The monoisotopic (exact) mass is 279 g/mol. The maximum Gasteiger partial charge on any atom is 0.244 e. The number of benzene rings is 2. The molecular formula is C19H23N2+. The summed E-state index contributed by atoms with van der Waals surface area (Å²) < 4.78 is 4.78. The van der Waals surface area contributed by atoms with Gasteiger partial charge in [-0.2, -0.15) is 0 Å². The Hall–Kier alpha value is -2.09. The highest BCUT2D eigenvalue weighted by Gasteiger charge is 2.14. The molecule has 1 aromatic heterocycles. The van der Waals surface area contributed by atoms with Gasteiger partial charge >= 0.3 is 0 Å². The highest BCUT2D eigenvalue weighted by atomic mass is 15.1. The van der Waals surface area contributed by atoms with Crippen molar-refractivity contribution in [3.63, 3.8) is 0 Å². The van der Waals surface area contributed by atoms with E-state index in [-0.39, 0.29) is 0 Å². The normalized spacial score (nSPS) is 11.1. The van der Waals surface area contributed by atoms with Crippen LogP contribution in [-0.2, 0) is 19.5 Å². The van der Waals surface area contributed by atoms with Crippen LogP contribution in [0.2, 0.25) is 0 Å². The van der Waals surface area contributed by atoms with Crippen LogP contribution >= 0.6 is 0 Å². The zero-order valence-corrected chi connectivity index (χ0v) is 12.7. The number of para-hydroxylation sites is 2. The largest absolute Gasteiger partial charge is 0.244 e. The summed E-state index contributed by atoms with van der Waals surface area (Å²) in [4.78, 5) is 0. The molecule has 0 aliphatic rings. The molecule has 0 N–H and O–H groups in total. The average Bonchev–Trinajstić information content (AvgIpc) is 2.90. The zero-order chi connectivity index (χ0) is 14.5. The number of aromatic nitrogens is 2. The molecule has 21 heavy (non-hydrogen) atoms. The minimum atomic E-state index is 1.03. The molecule has 2 nitrogen and oxygen atoms in total. The summed E-state index contributed by atoms with van der Waals surface area (Å²) in [6.45, 7) is 4.38. The molecule has 108 valence electrons. The minimum absolute atomic E-state index is 1.03. The van der Waals surface area contributed by atoms with Crippen molar-refractivity contribution in [2.24, 2.45) is 0 Å². The van der Waals surface area contributed by atoms with Crippen LogP contribution in [0.15, 0.2) is 60.9 Å². The third kappa shape index (κ3) is 3.15. The molecule has 0 atom stereocenters. The van der Waals surface area contributed by atoms with Crippen molar-refractivity contribution < 1.29 is 4.57 Å². The molecule has 0 unspecified atom stereocenters. The maximum atomic E-state index is 2.39. The molecule has 0 amide bonds. The minimum Gasteiger partial charge on any atom is -0.230 e. The molecule has 0 radical (unpaired) electrons. The predicted molar refractivity (Wildman–Crippen MR) is 87.2 cm³/mol. The molecule has 0 saturated carbocycles. The van der Waals surface area contributed by atoms with E-state index < -0.39 is 0 Å². The number of nitrogens with zero attached hydrogens (tertiary/aromatic N) is 2. The Morgan fingerprint density at radius 2 is 1.71 bits per heavy atom. The Balaban J connectivity index is 1.84. The fourth-order valence-corrected chi connectivity index (χ4v) is 2.82. The number of unbranched alkanes of at least 4 members (excludes halogenated alkanes) is 1. The molecule has 0 aliphatic carbocycles. The lowest BCUT2D eigenvalue weighted by Crippen LogP contribution is -2.32. The van der Waals surface area contributed by atoms with Crippen LogP contribution in [-0.4, -0.2) is 4.57 Å². The van der Waals surface area contributed by atoms with Crippen LogP contribution in [0.1, 0.15) is 25.3 Å². The zero-order valence-electron chi connectivity index (χ0n) is 12.7. The van der Waals surface area contributed by atoms with Gasteiger partial charge in [-0.05, 0) is 24.1 Å². The molecule has 0 fully saturated rings. The molecule has 2 heteroatoms. The van der Waals surface area contributed by atoms with Crippen LogP contribution < -0.4 is 4.57 Å². The lowest BCUT2D eigenvalue weighted by atomic mass is 10.1. The van der Waals surface area contributed by atoms with Crippen molar-refractivity contribution in [2.75, 3.05) is 0 Å². The fourth-order valence-electron chi connectivity index (χ4n) is 2.82. The molecule has 3 rings (SSSR count). The summed E-state index contributed by atoms with van der Waals surface area (Å²) in [5.74, 6) is 0. The van der Waals surface area contributed by atoms with E-state index in [4.69, 9.17) is 0 Å². The first-order valence-electron chi connectivity index (χ1n) is 7.89. The topological polar surface area (TPSA) is 8.81 Å². The Morgan fingerprint density at radius 3 is 2.52 bits per heavy atom. The van der Waals surface area contributed by atoms with Gasteiger partial charge < -0.3 is 0 Å². The van der Waals surface area contributed by atoms with Gasteiger partial charge in [0.15, 0.2) is 11.0 Å². The van der Waals surface area contributed by atoms with Gasteiger partial charge in [0.05, 0.1) is 13.1 Å². The number of imidazole rings is 1. The van der Waals surface area contributed by atoms with Gasteiger partial charge in [-0.15, -0.1) is 0 Å². The van der Waals surface area contributed by atoms with Crippen LogP contribution in [0.5, 0.6) is 0 Å². The summed E-state index contributed by atoms with van der Waals surface area (Å²) >= 11 is 0.